The molecule has 2 saturated heterocycles. The first-order valence-electron chi connectivity index (χ1n) is 53.1. The van der Waals surface area contributed by atoms with Gasteiger partial charge in [-0.15, -0.1) is 0 Å². The zero-order valence-corrected chi connectivity index (χ0v) is 90.3. The van der Waals surface area contributed by atoms with Crippen LogP contribution in [0.5, 0.6) is 23.0 Å². The highest BCUT2D eigenvalue weighted by Crippen LogP contribution is 2.68. The Bertz CT molecular complexity index is 6160. The van der Waals surface area contributed by atoms with Crippen LogP contribution in [0.3, 0.4) is 0 Å². The molecule has 0 radical (unpaired) electrons. The molecule has 3 heterocycles. The third kappa shape index (κ3) is 29.4. The maximum Gasteiger partial charge on any atom is 0.308 e. The summed E-state index contributed by atoms with van der Waals surface area (Å²) in [5.74, 6) is 8.10. The van der Waals surface area contributed by atoms with E-state index in [0.29, 0.717) is 34.2 Å². The van der Waals surface area contributed by atoms with Crippen molar-refractivity contribution in [2.75, 3.05) is 26.9 Å². The predicted molar refractivity (Wildman–Crippen MR) is 582 cm³/mol. The monoisotopic (exact) mass is 2030 g/mol. The van der Waals surface area contributed by atoms with Crippen molar-refractivity contribution < 1.29 is 105 Å². The van der Waals surface area contributed by atoms with Gasteiger partial charge in [0.25, 0.3) is 0 Å². The fraction of sp³-hybridized carbons (Fsp3) is 0.449. The minimum absolute atomic E-state index is 0.115. The van der Waals surface area contributed by atoms with E-state index in [1.165, 1.54) is 147 Å². The molecule has 5 aliphatic carbocycles. The predicted octanol–water partition coefficient (Wildman–Crippen LogP) is 28.4. The first kappa shape index (κ1) is 113. The molecule has 149 heavy (non-hydrogen) atoms. The Morgan fingerprint density at radius 3 is 1.30 bits per heavy atom. The van der Waals surface area contributed by atoms with Crippen LogP contribution in [0.15, 0.2) is 261 Å². The Hall–Kier alpha value is -13.0. The summed E-state index contributed by atoms with van der Waals surface area (Å²) in [6, 6.07) is 76.3. The van der Waals surface area contributed by atoms with Gasteiger partial charge in [-0.3, -0.25) is 38.4 Å². The molecule has 0 aromatic heterocycles. The van der Waals surface area contributed by atoms with E-state index in [1.54, 1.807) is 31.6 Å². The normalized spacial score (nSPS) is 23.3. The lowest BCUT2D eigenvalue weighted by molar-refractivity contribution is -0.166. The highest BCUT2D eigenvalue weighted by Gasteiger charge is 2.60. The average molecular weight is 2030 g/mol. The van der Waals surface area contributed by atoms with Gasteiger partial charge < -0.3 is 66.3 Å². The van der Waals surface area contributed by atoms with Gasteiger partial charge in [0.15, 0.2) is 30.5 Å². The topological polar surface area (TPSA) is 266 Å². The van der Waals surface area contributed by atoms with E-state index < -0.39 is 48.3 Å². The Balaban J connectivity index is 0.000000148. The first-order valence-corrected chi connectivity index (χ1v) is 53.1. The SMILES string of the molecule is C=C(C)OC(COC(C)=O)c1ccccc1.CC(=O)OC(c1ccccc1)C(OC(C)=O)c1ccccc1.CC(=O)OC1COC2C(OC(C)=O)COC12.CC(=O)O[C@H]1CC[C@@]2(C)C(=CC[C@H]3[C@@H]4CC[C@H]([C@H](C)CCCC(C)C)[C@@]4(C)CC[C@@H]32)C1.CC(=O)Oc1ccc2ccccc2c1-c1c(OC(C)=O)ccc2ccccc12.CC1Oc2ccc3ccccc3c2-c2c(ccc3ccccc23)O1.COC1CC(C)CCC1C(C)C. The van der Waals surface area contributed by atoms with Crippen molar-refractivity contribution in [1.82, 2.24) is 0 Å². The molecular formula is C127H152O22. The number of carbonyl (C=O) groups is 8. The van der Waals surface area contributed by atoms with E-state index in [9.17, 15) is 38.4 Å². The van der Waals surface area contributed by atoms with Crippen molar-refractivity contribution in [3.8, 4) is 45.3 Å². The molecule has 0 spiro atoms. The largest absolute Gasteiger partial charge is 0.487 e. The van der Waals surface area contributed by atoms with Gasteiger partial charge in [0, 0.05) is 98.1 Å². The molecule has 22 nitrogen and oxygen atoms in total. The number of ether oxygens (including phenoxy) is 14. The van der Waals surface area contributed by atoms with E-state index in [4.69, 9.17) is 66.3 Å². The molecule has 792 valence electrons. The molecule has 19 rings (SSSR count). The Kier molecular flexibility index (Phi) is 40.2. The van der Waals surface area contributed by atoms with Crippen molar-refractivity contribution >= 4 is 90.8 Å². The molecule has 0 bridgehead atoms. The van der Waals surface area contributed by atoms with Crippen LogP contribution in [0.2, 0.25) is 0 Å². The first-order chi connectivity index (χ1) is 71.4. The maximum absolute atomic E-state index is 11.8. The van der Waals surface area contributed by atoms with Crippen molar-refractivity contribution in [1.29, 1.82) is 0 Å². The lowest BCUT2D eigenvalue weighted by atomic mass is 9.47. The number of allylic oxidation sites excluding steroid dienone is 2. The van der Waals surface area contributed by atoms with Crippen LogP contribution in [0.25, 0.3) is 65.3 Å². The van der Waals surface area contributed by atoms with Crippen molar-refractivity contribution in [3.63, 3.8) is 0 Å². The Labute approximate surface area is 879 Å². The Morgan fingerprint density at radius 1 is 0.430 bits per heavy atom. The quantitative estimate of drug-likeness (QED) is 0.0189. The molecule has 11 aromatic carbocycles. The minimum Gasteiger partial charge on any atom is -0.487 e. The van der Waals surface area contributed by atoms with Gasteiger partial charge in [0.1, 0.15) is 47.9 Å². The molecule has 3 aliphatic heterocycles. The molecule has 6 fully saturated rings. The molecular weight excluding hydrogens is 1880 g/mol. The van der Waals surface area contributed by atoms with E-state index in [0.717, 1.165) is 138 Å². The van der Waals surface area contributed by atoms with Gasteiger partial charge in [-0.2, -0.15) is 0 Å². The number of hydrogen-bond acceptors (Lipinski definition) is 22. The molecule has 0 amide bonds. The second-order valence-electron chi connectivity index (χ2n) is 42.3. The van der Waals surface area contributed by atoms with Crippen LogP contribution < -0.4 is 18.9 Å². The Morgan fingerprint density at radius 2 is 0.872 bits per heavy atom. The summed E-state index contributed by atoms with van der Waals surface area (Å²) in [6.07, 6.45) is 18.3. The summed E-state index contributed by atoms with van der Waals surface area (Å²) in [5, 5.41) is 8.58. The van der Waals surface area contributed by atoms with Crippen LogP contribution >= 0.6 is 0 Å². The number of rotatable bonds is 23. The second-order valence-corrected chi connectivity index (χ2v) is 42.3. The highest BCUT2D eigenvalue weighted by atomic mass is 16.7. The van der Waals surface area contributed by atoms with E-state index in [-0.39, 0.29) is 74.4 Å². The van der Waals surface area contributed by atoms with Crippen molar-refractivity contribution in [2.24, 2.45) is 64.1 Å². The lowest BCUT2D eigenvalue weighted by Crippen LogP contribution is -2.51. The van der Waals surface area contributed by atoms with Crippen LogP contribution in [-0.2, 0) is 85.7 Å². The zero-order chi connectivity index (χ0) is 107. The van der Waals surface area contributed by atoms with E-state index in [1.807, 2.05) is 166 Å². The summed E-state index contributed by atoms with van der Waals surface area (Å²) in [6.45, 7) is 38.7. The molecule has 22 heteroatoms. The maximum atomic E-state index is 11.8. The number of fused-ring (bicyclic) bond motifs is 15. The number of methoxy groups -OCH3 is 1. The summed E-state index contributed by atoms with van der Waals surface area (Å²) < 4.78 is 76.7. The van der Waals surface area contributed by atoms with Crippen LogP contribution in [0.1, 0.15) is 250 Å². The third-order valence-corrected chi connectivity index (χ3v) is 30.7. The van der Waals surface area contributed by atoms with Crippen molar-refractivity contribution in [3.05, 3.63) is 277 Å². The third-order valence-electron chi connectivity index (χ3n) is 30.7. The molecule has 11 aromatic rings. The molecule has 4 saturated carbocycles. The molecule has 10 unspecified atom stereocenters. The zero-order valence-electron chi connectivity index (χ0n) is 90.3. The average Bonchev–Trinajstić information content (AvgIpc) is 1.60. The van der Waals surface area contributed by atoms with E-state index >= 15 is 0 Å². The molecule has 18 atom stereocenters. The van der Waals surface area contributed by atoms with E-state index in [2.05, 4.69) is 141 Å². The summed E-state index contributed by atoms with van der Waals surface area (Å²) in [5.41, 5.74) is 8.71. The van der Waals surface area contributed by atoms with Crippen LogP contribution in [0, 0.1) is 64.1 Å². The van der Waals surface area contributed by atoms with Gasteiger partial charge in [0.2, 0.25) is 6.29 Å². The van der Waals surface area contributed by atoms with Gasteiger partial charge in [0.05, 0.1) is 25.1 Å². The molecule has 8 aliphatic rings. The summed E-state index contributed by atoms with van der Waals surface area (Å²) in [4.78, 5) is 90.4. The second kappa shape index (κ2) is 52.9. The fourth-order valence-corrected chi connectivity index (χ4v) is 24.1. The summed E-state index contributed by atoms with van der Waals surface area (Å²) in [7, 11) is 1.86. The number of carbonyl (C=O) groups excluding carboxylic acids is 8. The van der Waals surface area contributed by atoms with Gasteiger partial charge in [-0.1, -0.05) is 312 Å². The van der Waals surface area contributed by atoms with Crippen molar-refractivity contribution in [2.45, 2.75) is 276 Å². The molecule has 0 N–H and O–H groups in total. The number of hydrogen-bond donors (Lipinski definition) is 0. The van der Waals surface area contributed by atoms with Crippen LogP contribution in [-0.4, -0.2) is 118 Å². The highest BCUT2D eigenvalue weighted by molar-refractivity contribution is 6.12. The van der Waals surface area contributed by atoms with Gasteiger partial charge in [-0.05, 0) is 213 Å². The number of benzene rings is 11. The van der Waals surface area contributed by atoms with Crippen LogP contribution in [0.4, 0.5) is 0 Å². The van der Waals surface area contributed by atoms with Gasteiger partial charge >= 0.3 is 47.8 Å². The standard InChI is InChI=1S/C29H48O2.C24H18O4.C22H16O2.C18H18O4.C13H16O3.C11H22O.C10H14O6/c1-19(2)8-7-9-20(3)25-12-13-26-24-11-10-22-18-23(31-21(4)30)14-16-28(22,5)27(24)15-17-29(25,26)6;1-15(25)27-21-13-11-17-7-3-5-9-19(17)23(21)24-20-10-6-4-8-18(20)12-14-22(24)28-16(2)26;1-14-23-19-12-10-15-6-2-4-8-17(15)21(19)22-18-9-5-3-7-16(18)11-13-20(22)24-14;1-13(19)21-17(15-9-5-3-6-10-15)18(22-14(2)20)16-11-7-4-8-12-16;1-10(2)16-13(9-15-11(3)14)12-7-5-4-6-8-12;1-8(2)10-6-5-9(3)7-11(10)12-4;1-5(11)15-7-3-13-10-8(16-6(2)12)4-14-9(7)10/h10,19-20,23-27H,7-9,11-18H2,1-6H3;3-14H,1-2H3;2-14H,1H3;3-12,17-18H,1-2H3;4-8,13H,1,9H2,2-3H3;8-11H,5-7H2,1-4H3;7-10H,3-4H2,1-2H3/t20-,23+,24+,25-,26+,27+,28+,29-;;;;;;/m1....../s1. The smallest absolute Gasteiger partial charge is 0.308 e. The number of esters is 8. The summed E-state index contributed by atoms with van der Waals surface area (Å²) >= 11 is 0. The minimum atomic E-state index is -0.690. The van der Waals surface area contributed by atoms with Gasteiger partial charge in [-0.25, -0.2) is 0 Å². The lowest BCUT2D eigenvalue weighted by Gasteiger charge is -2.58. The fourth-order valence-electron chi connectivity index (χ4n) is 24.1.